The monoisotopic (exact) mass is 255 g/mol. The summed E-state index contributed by atoms with van der Waals surface area (Å²) in [5, 5.41) is 8.61. The van der Waals surface area contributed by atoms with E-state index in [-0.39, 0.29) is 12.0 Å². The number of amides is 1. The van der Waals surface area contributed by atoms with Crippen LogP contribution >= 0.6 is 0 Å². The van der Waals surface area contributed by atoms with Crippen LogP contribution in [0.25, 0.3) is 0 Å². The Bertz CT molecular complexity index is 274. The number of carbonyl (C=O) groups is 1. The Labute approximate surface area is 110 Å². The molecule has 0 saturated heterocycles. The fourth-order valence-electron chi connectivity index (χ4n) is 1.71. The summed E-state index contributed by atoms with van der Waals surface area (Å²) in [6, 6.07) is 2.07. The van der Waals surface area contributed by atoms with Gasteiger partial charge in [-0.2, -0.15) is 5.26 Å². The third kappa shape index (κ3) is 7.25. The van der Waals surface area contributed by atoms with E-state index in [2.05, 4.69) is 19.9 Å². The highest BCUT2D eigenvalue weighted by Crippen LogP contribution is 2.06. The SMILES string of the molecule is CCOC(CN)CC(=O)N(CCC#N)CC(C)C. The number of nitriles is 1. The van der Waals surface area contributed by atoms with Crippen molar-refractivity contribution in [2.45, 2.75) is 39.7 Å². The van der Waals surface area contributed by atoms with Crippen molar-refractivity contribution in [1.82, 2.24) is 4.90 Å². The highest BCUT2D eigenvalue weighted by Gasteiger charge is 2.19. The predicted octanol–water partition coefficient (Wildman–Crippen LogP) is 1.14. The maximum atomic E-state index is 12.1. The van der Waals surface area contributed by atoms with E-state index < -0.39 is 0 Å². The van der Waals surface area contributed by atoms with Crippen molar-refractivity contribution < 1.29 is 9.53 Å². The number of nitrogens with two attached hydrogens (primary N) is 1. The quantitative estimate of drug-likeness (QED) is 0.670. The van der Waals surface area contributed by atoms with Gasteiger partial charge in [-0.05, 0) is 12.8 Å². The molecule has 2 N–H and O–H groups in total. The second-order valence-electron chi connectivity index (χ2n) is 4.66. The number of hydrogen-bond donors (Lipinski definition) is 1. The molecule has 0 aromatic heterocycles. The second kappa shape index (κ2) is 9.86. The highest BCUT2D eigenvalue weighted by atomic mass is 16.5. The minimum absolute atomic E-state index is 0.0165. The van der Waals surface area contributed by atoms with Gasteiger partial charge in [0.25, 0.3) is 0 Å². The van der Waals surface area contributed by atoms with E-state index in [0.717, 1.165) is 0 Å². The first-order valence-electron chi connectivity index (χ1n) is 6.51. The van der Waals surface area contributed by atoms with Gasteiger partial charge in [0, 0.05) is 26.2 Å². The Balaban J connectivity index is 4.39. The van der Waals surface area contributed by atoms with Gasteiger partial charge in [-0.25, -0.2) is 0 Å². The molecule has 1 unspecified atom stereocenters. The summed E-state index contributed by atoms with van der Waals surface area (Å²) < 4.78 is 5.38. The van der Waals surface area contributed by atoms with Crippen LogP contribution in [0.1, 0.15) is 33.6 Å². The number of nitrogens with zero attached hydrogens (tertiary/aromatic N) is 2. The topological polar surface area (TPSA) is 79.3 Å². The van der Waals surface area contributed by atoms with E-state index in [4.69, 9.17) is 15.7 Å². The molecule has 0 fully saturated rings. The van der Waals surface area contributed by atoms with Gasteiger partial charge in [0.05, 0.1) is 25.0 Å². The van der Waals surface area contributed by atoms with E-state index in [1.165, 1.54) is 0 Å². The Morgan fingerprint density at radius 1 is 1.50 bits per heavy atom. The molecule has 104 valence electrons. The van der Waals surface area contributed by atoms with E-state index in [1.807, 2.05) is 6.92 Å². The van der Waals surface area contributed by atoms with Gasteiger partial charge in [0.15, 0.2) is 0 Å². The van der Waals surface area contributed by atoms with Crippen molar-refractivity contribution >= 4 is 5.91 Å². The summed E-state index contributed by atoms with van der Waals surface area (Å²) >= 11 is 0. The molecule has 0 rings (SSSR count). The lowest BCUT2D eigenvalue weighted by molar-refractivity contribution is -0.134. The largest absolute Gasteiger partial charge is 0.377 e. The molecule has 0 aromatic rings. The lowest BCUT2D eigenvalue weighted by Gasteiger charge is -2.25. The average Bonchev–Trinajstić information content (AvgIpc) is 2.33. The fraction of sp³-hybridized carbons (Fsp3) is 0.846. The lowest BCUT2D eigenvalue weighted by atomic mass is 10.1. The van der Waals surface area contributed by atoms with Gasteiger partial charge in [-0.15, -0.1) is 0 Å². The third-order valence-corrected chi connectivity index (χ3v) is 2.50. The number of hydrogen-bond acceptors (Lipinski definition) is 4. The van der Waals surface area contributed by atoms with Crippen LogP contribution in [0.15, 0.2) is 0 Å². The van der Waals surface area contributed by atoms with Crippen LogP contribution in [0.2, 0.25) is 0 Å². The zero-order chi connectivity index (χ0) is 14.0. The Kier molecular flexibility index (Phi) is 9.25. The summed E-state index contributed by atoms with van der Waals surface area (Å²) in [6.07, 6.45) is 0.433. The predicted molar refractivity (Wildman–Crippen MR) is 70.7 cm³/mol. The van der Waals surface area contributed by atoms with Crippen molar-refractivity contribution in [2.24, 2.45) is 11.7 Å². The van der Waals surface area contributed by atoms with Crippen LogP contribution in [0.5, 0.6) is 0 Å². The van der Waals surface area contributed by atoms with Crippen LogP contribution in [0.3, 0.4) is 0 Å². The summed E-state index contributed by atoms with van der Waals surface area (Å²) in [5.74, 6) is 0.402. The van der Waals surface area contributed by atoms with Crippen LogP contribution in [-0.2, 0) is 9.53 Å². The molecule has 0 aliphatic heterocycles. The molecule has 0 aromatic carbocycles. The Hall–Kier alpha value is -1.12. The van der Waals surface area contributed by atoms with Crippen LogP contribution in [0, 0.1) is 17.2 Å². The molecule has 0 spiro atoms. The van der Waals surface area contributed by atoms with Crippen molar-refractivity contribution in [3.05, 3.63) is 0 Å². The number of ether oxygens (including phenoxy) is 1. The molecule has 0 heterocycles. The summed E-state index contributed by atoms with van der Waals surface area (Å²) in [5.41, 5.74) is 5.56. The molecule has 0 radical (unpaired) electrons. The maximum Gasteiger partial charge on any atom is 0.225 e. The molecule has 1 amide bonds. The zero-order valence-corrected chi connectivity index (χ0v) is 11.7. The molecule has 0 aliphatic carbocycles. The third-order valence-electron chi connectivity index (χ3n) is 2.50. The van der Waals surface area contributed by atoms with Crippen LogP contribution in [0.4, 0.5) is 0 Å². The van der Waals surface area contributed by atoms with Gasteiger partial charge in [0.1, 0.15) is 0 Å². The van der Waals surface area contributed by atoms with Gasteiger partial charge in [-0.3, -0.25) is 4.79 Å². The molecule has 5 nitrogen and oxygen atoms in total. The number of rotatable bonds is 9. The van der Waals surface area contributed by atoms with Crippen molar-refractivity contribution in [2.75, 3.05) is 26.2 Å². The first-order chi connectivity index (χ1) is 8.54. The van der Waals surface area contributed by atoms with Crippen LogP contribution < -0.4 is 5.73 Å². The summed E-state index contributed by atoms with van der Waals surface area (Å²) in [6.45, 7) is 8.03. The van der Waals surface area contributed by atoms with E-state index in [9.17, 15) is 4.79 Å². The molecule has 5 heteroatoms. The highest BCUT2D eigenvalue weighted by molar-refractivity contribution is 5.76. The Morgan fingerprint density at radius 2 is 2.17 bits per heavy atom. The molecule has 0 aliphatic rings. The van der Waals surface area contributed by atoms with Gasteiger partial charge in [-0.1, -0.05) is 13.8 Å². The molecule has 1 atom stereocenters. The molecule has 0 saturated carbocycles. The Morgan fingerprint density at radius 3 is 2.61 bits per heavy atom. The minimum atomic E-state index is -0.223. The number of carbonyl (C=O) groups excluding carboxylic acids is 1. The van der Waals surface area contributed by atoms with E-state index >= 15 is 0 Å². The van der Waals surface area contributed by atoms with E-state index in [0.29, 0.717) is 45.0 Å². The lowest BCUT2D eigenvalue weighted by Crippen LogP contribution is -2.39. The second-order valence-corrected chi connectivity index (χ2v) is 4.66. The van der Waals surface area contributed by atoms with Crippen molar-refractivity contribution in [1.29, 1.82) is 5.26 Å². The summed E-state index contributed by atoms with van der Waals surface area (Å²) in [4.78, 5) is 13.8. The minimum Gasteiger partial charge on any atom is -0.377 e. The fourth-order valence-corrected chi connectivity index (χ4v) is 1.71. The first-order valence-corrected chi connectivity index (χ1v) is 6.51. The molecular weight excluding hydrogens is 230 g/mol. The zero-order valence-electron chi connectivity index (χ0n) is 11.7. The standard InChI is InChI=1S/C13H25N3O2/c1-4-18-12(9-15)8-13(17)16(7-5-6-14)10-11(2)3/h11-12H,4-5,7-10,15H2,1-3H3. The average molecular weight is 255 g/mol. The van der Waals surface area contributed by atoms with Gasteiger partial charge < -0.3 is 15.4 Å². The molecule has 18 heavy (non-hydrogen) atoms. The summed E-state index contributed by atoms with van der Waals surface area (Å²) in [7, 11) is 0. The molecular formula is C13H25N3O2. The van der Waals surface area contributed by atoms with Crippen molar-refractivity contribution in [3.8, 4) is 6.07 Å². The van der Waals surface area contributed by atoms with Crippen LogP contribution in [-0.4, -0.2) is 43.2 Å². The first kappa shape index (κ1) is 16.9. The maximum absolute atomic E-state index is 12.1. The molecule has 0 bridgehead atoms. The normalized spacial score (nSPS) is 12.2. The van der Waals surface area contributed by atoms with Crippen molar-refractivity contribution in [3.63, 3.8) is 0 Å². The van der Waals surface area contributed by atoms with Gasteiger partial charge in [0.2, 0.25) is 5.91 Å². The van der Waals surface area contributed by atoms with Gasteiger partial charge >= 0.3 is 0 Å². The smallest absolute Gasteiger partial charge is 0.225 e. The van der Waals surface area contributed by atoms with E-state index in [1.54, 1.807) is 4.90 Å².